The Labute approximate surface area is 74.5 Å². The Hall–Kier alpha value is -0.850. The first kappa shape index (κ1) is 11.2. The fourth-order valence-electron chi connectivity index (χ4n) is 0.753. The van der Waals surface area contributed by atoms with Crippen molar-refractivity contribution < 1.29 is 4.39 Å². The van der Waals surface area contributed by atoms with E-state index in [-0.39, 0.29) is 5.83 Å². The molecule has 0 amide bonds. The molecule has 12 heavy (non-hydrogen) atoms. The lowest BCUT2D eigenvalue weighted by Crippen LogP contribution is -1.72. The molecule has 0 aromatic carbocycles. The van der Waals surface area contributed by atoms with Gasteiger partial charge in [0.15, 0.2) is 0 Å². The van der Waals surface area contributed by atoms with Gasteiger partial charge in [-0.05, 0) is 38.8 Å². The standard InChI is InChI=1S/C11H17F/c1-5-9(2)6-7-10(3)8-11(4)12/h6-8H,5H2,1-4H3. The Morgan fingerprint density at radius 2 is 1.75 bits per heavy atom. The van der Waals surface area contributed by atoms with Crippen LogP contribution in [0.5, 0.6) is 0 Å². The second-order valence-corrected chi connectivity index (χ2v) is 3.01. The Morgan fingerprint density at radius 3 is 2.17 bits per heavy atom. The van der Waals surface area contributed by atoms with E-state index in [1.165, 1.54) is 18.6 Å². The summed E-state index contributed by atoms with van der Waals surface area (Å²) in [7, 11) is 0. The van der Waals surface area contributed by atoms with Gasteiger partial charge in [0.2, 0.25) is 0 Å². The number of halogens is 1. The summed E-state index contributed by atoms with van der Waals surface area (Å²) in [4.78, 5) is 0. The van der Waals surface area contributed by atoms with Crippen LogP contribution in [0.3, 0.4) is 0 Å². The van der Waals surface area contributed by atoms with Crippen molar-refractivity contribution in [2.24, 2.45) is 0 Å². The predicted molar refractivity (Wildman–Crippen MR) is 52.7 cm³/mol. The molecule has 0 atom stereocenters. The number of hydrogen-bond donors (Lipinski definition) is 0. The minimum absolute atomic E-state index is 0.147. The van der Waals surface area contributed by atoms with Gasteiger partial charge in [-0.3, -0.25) is 0 Å². The maximum absolute atomic E-state index is 12.4. The fourth-order valence-corrected chi connectivity index (χ4v) is 0.753. The van der Waals surface area contributed by atoms with Crippen LogP contribution >= 0.6 is 0 Å². The lowest BCUT2D eigenvalue weighted by atomic mass is 10.2. The third-order valence-corrected chi connectivity index (χ3v) is 1.61. The van der Waals surface area contributed by atoms with Crippen molar-refractivity contribution in [1.29, 1.82) is 0 Å². The maximum Gasteiger partial charge on any atom is 0.0971 e. The van der Waals surface area contributed by atoms with Crippen LogP contribution in [-0.2, 0) is 0 Å². The van der Waals surface area contributed by atoms with Gasteiger partial charge in [-0.2, -0.15) is 0 Å². The molecular formula is C11H17F. The normalized spacial score (nSPS) is 15.2. The zero-order valence-electron chi connectivity index (χ0n) is 8.32. The molecule has 0 spiro atoms. The number of allylic oxidation sites excluding steroid dienone is 6. The van der Waals surface area contributed by atoms with Crippen LogP contribution in [0.15, 0.2) is 35.2 Å². The molecule has 1 heteroatoms. The molecule has 0 aliphatic heterocycles. The fraction of sp³-hybridized carbons (Fsp3) is 0.455. The summed E-state index contributed by atoms with van der Waals surface area (Å²) in [5, 5.41) is 0. The SMILES string of the molecule is CCC(C)=CC=C(C)C=C(C)F. The van der Waals surface area contributed by atoms with Crippen LogP contribution in [-0.4, -0.2) is 0 Å². The second kappa shape index (κ2) is 5.76. The largest absolute Gasteiger partial charge is 0.212 e. The third kappa shape index (κ3) is 5.90. The molecule has 0 nitrogen and oxygen atoms in total. The van der Waals surface area contributed by atoms with E-state index in [9.17, 15) is 4.39 Å². The maximum atomic E-state index is 12.4. The Morgan fingerprint density at radius 1 is 1.17 bits per heavy atom. The highest BCUT2D eigenvalue weighted by Gasteiger charge is 1.85. The monoisotopic (exact) mass is 168 g/mol. The van der Waals surface area contributed by atoms with Crippen molar-refractivity contribution in [3.05, 3.63) is 35.2 Å². The van der Waals surface area contributed by atoms with Crippen molar-refractivity contribution >= 4 is 0 Å². The van der Waals surface area contributed by atoms with Crippen molar-refractivity contribution in [2.45, 2.75) is 34.1 Å². The minimum Gasteiger partial charge on any atom is -0.212 e. The van der Waals surface area contributed by atoms with E-state index in [1.807, 2.05) is 19.1 Å². The van der Waals surface area contributed by atoms with Crippen LogP contribution in [0.2, 0.25) is 0 Å². The van der Waals surface area contributed by atoms with Gasteiger partial charge in [0, 0.05) is 0 Å². The van der Waals surface area contributed by atoms with Gasteiger partial charge in [0.1, 0.15) is 0 Å². The molecule has 0 unspecified atom stereocenters. The molecule has 68 valence electrons. The summed E-state index contributed by atoms with van der Waals surface area (Å²) in [6.07, 6.45) is 6.53. The summed E-state index contributed by atoms with van der Waals surface area (Å²) in [6.45, 7) is 7.51. The molecule has 0 heterocycles. The van der Waals surface area contributed by atoms with Gasteiger partial charge in [-0.1, -0.05) is 24.6 Å². The molecular weight excluding hydrogens is 151 g/mol. The first-order valence-electron chi connectivity index (χ1n) is 4.24. The molecule has 0 aliphatic rings. The Bertz CT molecular complexity index is 215. The van der Waals surface area contributed by atoms with Crippen LogP contribution in [0, 0.1) is 0 Å². The van der Waals surface area contributed by atoms with E-state index in [4.69, 9.17) is 0 Å². The predicted octanol–water partition coefficient (Wildman–Crippen LogP) is 4.16. The Balaban J connectivity index is 4.28. The van der Waals surface area contributed by atoms with Crippen LogP contribution < -0.4 is 0 Å². The van der Waals surface area contributed by atoms with E-state index < -0.39 is 0 Å². The number of hydrogen-bond acceptors (Lipinski definition) is 0. The van der Waals surface area contributed by atoms with Gasteiger partial charge >= 0.3 is 0 Å². The zero-order valence-corrected chi connectivity index (χ0v) is 8.32. The second-order valence-electron chi connectivity index (χ2n) is 3.01. The van der Waals surface area contributed by atoms with Crippen molar-refractivity contribution in [2.75, 3.05) is 0 Å². The summed E-state index contributed by atoms with van der Waals surface area (Å²) < 4.78 is 12.4. The van der Waals surface area contributed by atoms with Gasteiger partial charge in [-0.25, -0.2) is 4.39 Å². The Kier molecular flexibility index (Phi) is 5.35. The van der Waals surface area contributed by atoms with E-state index in [0.717, 1.165) is 12.0 Å². The molecule has 0 N–H and O–H groups in total. The van der Waals surface area contributed by atoms with Crippen molar-refractivity contribution in [3.8, 4) is 0 Å². The first-order valence-corrected chi connectivity index (χ1v) is 4.24. The molecule has 0 bridgehead atoms. The van der Waals surface area contributed by atoms with Crippen molar-refractivity contribution in [3.63, 3.8) is 0 Å². The molecule has 0 radical (unpaired) electrons. The zero-order chi connectivity index (χ0) is 9.56. The quantitative estimate of drug-likeness (QED) is 0.555. The first-order chi connectivity index (χ1) is 5.56. The van der Waals surface area contributed by atoms with Gasteiger partial charge < -0.3 is 0 Å². The highest BCUT2D eigenvalue weighted by atomic mass is 19.1. The smallest absolute Gasteiger partial charge is 0.0971 e. The highest BCUT2D eigenvalue weighted by molar-refractivity contribution is 5.24. The average molecular weight is 168 g/mol. The lowest BCUT2D eigenvalue weighted by molar-refractivity contribution is 0.639. The highest BCUT2D eigenvalue weighted by Crippen LogP contribution is 2.05. The summed E-state index contributed by atoms with van der Waals surface area (Å²) in [5.41, 5.74) is 2.25. The lowest BCUT2D eigenvalue weighted by Gasteiger charge is -1.92. The molecule has 0 aromatic rings. The molecule has 0 saturated carbocycles. The van der Waals surface area contributed by atoms with Crippen LogP contribution in [0.25, 0.3) is 0 Å². The van der Waals surface area contributed by atoms with E-state index in [1.54, 1.807) is 0 Å². The molecule has 0 fully saturated rings. The van der Waals surface area contributed by atoms with E-state index in [0.29, 0.717) is 0 Å². The summed E-state index contributed by atoms with van der Waals surface area (Å²) in [6, 6.07) is 0. The van der Waals surface area contributed by atoms with E-state index >= 15 is 0 Å². The minimum atomic E-state index is -0.147. The molecule has 0 saturated heterocycles. The van der Waals surface area contributed by atoms with Crippen LogP contribution in [0.4, 0.5) is 4.39 Å². The van der Waals surface area contributed by atoms with Gasteiger partial charge in [0.05, 0.1) is 5.83 Å². The van der Waals surface area contributed by atoms with Crippen LogP contribution in [0.1, 0.15) is 34.1 Å². The average Bonchev–Trinajstić information content (AvgIpc) is 1.99. The molecule has 0 aliphatic carbocycles. The molecule has 0 rings (SSSR count). The topological polar surface area (TPSA) is 0 Å². The van der Waals surface area contributed by atoms with Crippen molar-refractivity contribution in [1.82, 2.24) is 0 Å². The summed E-state index contributed by atoms with van der Waals surface area (Å²) >= 11 is 0. The van der Waals surface area contributed by atoms with Gasteiger partial charge in [-0.15, -0.1) is 0 Å². The summed E-state index contributed by atoms with van der Waals surface area (Å²) in [5.74, 6) is -0.147. The van der Waals surface area contributed by atoms with E-state index in [2.05, 4.69) is 13.8 Å². The molecule has 0 aromatic heterocycles. The van der Waals surface area contributed by atoms with Gasteiger partial charge in [0.25, 0.3) is 0 Å². The number of rotatable bonds is 3. The third-order valence-electron chi connectivity index (χ3n) is 1.61.